The second kappa shape index (κ2) is 5.80. The fourth-order valence-electron chi connectivity index (χ4n) is 1.22. The Morgan fingerprint density at radius 2 is 2.17 bits per heavy atom. The second-order valence-electron chi connectivity index (χ2n) is 3.07. The van der Waals surface area contributed by atoms with Gasteiger partial charge in [0.2, 0.25) is 0 Å². The van der Waals surface area contributed by atoms with Crippen LogP contribution >= 0.6 is 0 Å². The minimum atomic E-state index is -3.08. The van der Waals surface area contributed by atoms with E-state index in [0.717, 1.165) is 19.2 Å². The summed E-state index contributed by atoms with van der Waals surface area (Å²) >= 11 is 0. The highest BCUT2D eigenvalue weighted by Gasteiger charge is 2.18. The number of oxime groups is 1. The summed E-state index contributed by atoms with van der Waals surface area (Å²) in [7, 11) is 1.09. The van der Waals surface area contributed by atoms with Gasteiger partial charge in [-0.2, -0.15) is 8.78 Å². The number of esters is 1. The molecule has 0 atom stereocenters. The fourth-order valence-corrected chi connectivity index (χ4v) is 1.22. The number of halogens is 2. The van der Waals surface area contributed by atoms with Crippen LogP contribution in [0.25, 0.3) is 0 Å². The predicted octanol–water partition coefficient (Wildman–Crippen LogP) is 1.17. The zero-order valence-corrected chi connectivity index (χ0v) is 9.26. The number of ether oxygens (including phenoxy) is 2. The predicted molar refractivity (Wildman–Crippen MR) is 56.9 cm³/mol. The normalized spacial score (nSPS) is 11.4. The maximum Gasteiger partial charge on any atom is 0.387 e. The van der Waals surface area contributed by atoms with E-state index in [0.29, 0.717) is 0 Å². The largest absolute Gasteiger partial charge is 0.465 e. The van der Waals surface area contributed by atoms with E-state index in [9.17, 15) is 13.6 Å². The van der Waals surface area contributed by atoms with Crippen LogP contribution in [0.2, 0.25) is 0 Å². The molecule has 18 heavy (non-hydrogen) atoms. The van der Waals surface area contributed by atoms with Gasteiger partial charge in [0.15, 0.2) is 5.84 Å². The highest BCUT2D eigenvalue weighted by Crippen LogP contribution is 2.23. The van der Waals surface area contributed by atoms with E-state index in [1.165, 1.54) is 6.07 Å². The number of methoxy groups -OCH3 is 1. The molecule has 0 saturated heterocycles. The highest BCUT2D eigenvalue weighted by molar-refractivity contribution is 6.01. The van der Waals surface area contributed by atoms with Crippen molar-refractivity contribution in [1.82, 2.24) is 0 Å². The molecular weight excluding hydrogens is 250 g/mol. The van der Waals surface area contributed by atoms with Crippen LogP contribution in [0.1, 0.15) is 15.9 Å². The Kier molecular flexibility index (Phi) is 4.41. The Labute approximate surface area is 101 Å². The first-order chi connectivity index (χ1) is 8.49. The van der Waals surface area contributed by atoms with Gasteiger partial charge in [-0.05, 0) is 18.2 Å². The molecule has 0 saturated carbocycles. The minimum absolute atomic E-state index is 0.166. The van der Waals surface area contributed by atoms with Gasteiger partial charge in [0.1, 0.15) is 11.3 Å². The lowest BCUT2D eigenvalue weighted by Gasteiger charge is -2.10. The third kappa shape index (κ3) is 3.06. The van der Waals surface area contributed by atoms with Crippen LogP contribution < -0.4 is 10.5 Å². The lowest BCUT2D eigenvalue weighted by atomic mass is 10.1. The molecule has 1 aromatic carbocycles. The smallest absolute Gasteiger partial charge is 0.387 e. The monoisotopic (exact) mass is 260 g/mol. The van der Waals surface area contributed by atoms with Crippen LogP contribution in [0.3, 0.4) is 0 Å². The van der Waals surface area contributed by atoms with Crippen molar-refractivity contribution in [3.63, 3.8) is 0 Å². The lowest BCUT2D eigenvalue weighted by molar-refractivity contribution is -0.0504. The Bertz CT molecular complexity index is 477. The molecule has 98 valence electrons. The maximum absolute atomic E-state index is 12.1. The first-order valence-electron chi connectivity index (χ1n) is 4.64. The van der Waals surface area contributed by atoms with E-state index in [-0.39, 0.29) is 22.7 Å². The van der Waals surface area contributed by atoms with Crippen LogP contribution in [0.5, 0.6) is 5.75 Å². The topological polar surface area (TPSA) is 94.1 Å². The number of hydrogen-bond donors (Lipinski definition) is 2. The van der Waals surface area contributed by atoms with E-state index in [4.69, 9.17) is 10.9 Å². The van der Waals surface area contributed by atoms with E-state index in [1.807, 2.05) is 0 Å². The molecule has 0 aromatic heterocycles. The quantitative estimate of drug-likeness (QED) is 0.278. The Morgan fingerprint density at radius 3 is 2.67 bits per heavy atom. The molecule has 0 aliphatic heterocycles. The molecular formula is C10H10F2N2O4. The van der Waals surface area contributed by atoms with Crippen molar-refractivity contribution in [2.45, 2.75) is 6.61 Å². The number of carbonyl (C=O) groups excluding carboxylic acids is 1. The summed E-state index contributed by atoms with van der Waals surface area (Å²) < 4.78 is 32.8. The number of hydrogen-bond acceptors (Lipinski definition) is 5. The Morgan fingerprint density at radius 1 is 1.50 bits per heavy atom. The van der Waals surface area contributed by atoms with Gasteiger partial charge in [-0.15, -0.1) is 0 Å². The summed E-state index contributed by atoms with van der Waals surface area (Å²) in [6.45, 7) is -3.08. The Hall–Kier alpha value is -2.38. The number of nitrogens with two attached hydrogens (primary N) is 1. The first kappa shape index (κ1) is 13.7. The van der Waals surface area contributed by atoms with Crippen molar-refractivity contribution in [2.24, 2.45) is 10.9 Å². The summed E-state index contributed by atoms with van der Waals surface area (Å²) in [5.41, 5.74) is 5.23. The third-order valence-electron chi connectivity index (χ3n) is 2.00. The molecule has 1 rings (SSSR count). The van der Waals surface area contributed by atoms with Gasteiger partial charge < -0.3 is 20.4 Å². The van der Waals surface area contributed by atoms with Crippen LogP contribution in [-0.2, 0) is 4.74 Å². The molecule has 0 radical (unpaired) electrons. The maximum atomic E-state index is 12.1. The molecule has 0 spiro atoms. The molecule has 0 amide bonds. The molecule has 6 nitrogen and oxygen atoms in total. The van der Waals surface area contributed by atoms with Crippen molar-refractivity contribution in [1.29, 1.82) is 0 Å². The van der Waals surface area contributed by atoms with E-state index < -0.39 is 12.6 Å². The SMILES string of the molecule is COC(=O)c1cc(C(N)=NO)ccc1OC(F)F. The summed E-state index contributed by atoms with van der Waals surface area (Å²) in [5, 5.41) is 11.2. The number of nitrogens with zero attached hydrogens (tertiary/aromatic N) is 1. The standard InChI is InChI=1S/C10H10F2N2O4/c1-17-9(15)6-4-5(8(13)14-16)2-3-7(6)18-10(11)12/h2-4,10,16H,1H3,(H2,13,14). The van der Waals surface area contributed by atoms with Crippen molar-refractivity contribution >= 4 is 11.8 Å². The molecule has 3 N–H and O–H groups in total. The van der Waals surface area contributed by atoms with E-state index in [1.54, 1.807) is 0 Å². The summed E-state index contributed by atoms with van der Waals surface area (Å²) in [6.07, 6.45) is 0. The molecule has 0 aliphatic rings. The number of carbonyl (C=O) groups is 1. The number of amidine groups is 1. The van der Waals surface area contributed by atoms with Gasteiger partial charge in [0.05, 0.1) is 7.11 Å². The molecule has 0 aliphatic carbocycles. The molecule has 1 aromatic rings. The van der Waals surface area contributed by atoms with Crippen molar-refractivity contribution < 1.29 is 28.3 Å². The van der Waals surface area contributed by atoms with Crippen LogP contribution in [0, 0.1) is 0 Å². The Balaban J connectivity index is 3.24. The second-order valence-corrected chi connectivity index (χ2v) is 3.07. The van der Waals surface area contributed by atoms with Gasteiger partial charge in [0.25, 0.3) is 0 Å². The average molecular weight is 260 g/mol. The summed E-state index contributed by atoms with van der Waals surface area (Å²) in [4.78, 5) is 11.4. The van der Waals surface area contributed by atoms with Crippen LogP contribution in [0.15, 0.2) is 23.4 Å². The van der Waals surface area contributed by atoms with Crippen molar-refractivity contribution in [2.75, 3.05) is 7.11 Å². The molecule has 8 heteroatoms. The zero-order valence-electron chi connectivity index (χ0n) is 9.26. The highest BCUT2D eigenvalue weighted by atomic mass is 19.3. The van der Waals surface area contributed by atoms with E-state index >= 15 is 0 Å². The number of rotatable bonds is 4. The number of benzene rings is 1. The van der Waals surface area contributed by atoms with Gasteiger partial charge in [0, 0.05) is 5.56 Å². The van der Waals surface area contributed by atoms with Crippen molar-refractivity contribution in [3.8, 4) is 5.75 Å². The lowest BCUT2D eigenvalue weighted by Crippen LogP contribution is -2.15. The number of alkyl halides is 2. The van der Waals surface area contributed by atoms with Gasteiger partial charge >= 0.3 is 12.6 Å². The average Bonchev–Trinajstić information content (AvgIpc) is 2.36. The summed E-state index contributed by atoms with van der Waals surface area (Å²) in [6, 6.07) is 3.49. The van der Waals surface area contributed by atoms with Gasteiger partial charge in [-0.3, -0.25) is 0 Å². The van der Waals surface area contributed by atoms with Gasteiger partial charge in [-0.25, -0.2) is 4.79 Å². The van der Waals surface area contributed by atoms with Gasteiger partial charge in [-0.1, -0.05) is 5.16 Å². The third-order valence-corrected chi connectivity index (χ3v) is 2.00. The van der Waals surface area contributed by atoms with E-state index in [2.05, 4.69) is 14.6 Å². The minimum Gasteiger partial charge on any atom is -0.465 e. The first-order valence-corrected chi connectivity index (χ1v) is 4.64. The molecule has 0 fully saturated rings. The molecule has 0 unspecified atom stereocenters. The molecule has 0 bridgehead atoms. The molecule has 0 heterocycles. The zero-order chi connectivity index (χ0) is 13.7. The van der Waals surface area contributed by atoms with Crippen LogP contribution in [0.4, 0.5) is 8.78 Å². The van der Waals surface area contributed by atoms with Crippen molar-refractivity contribution in [3.05, 3.63) is 29.3 Å². The fraction of sp³-hybridized carbons (Fsp3) is 0.200. The summed E-state index contributed by atoms with van der Waals surface area (Å²) in [5.74, 6) is -1.51. The van der Waals surface area contributed by atoms with Crippen LogP contribution in [-0.4, -0.2) is 30.7 Å².